The first-order chi connectivity index (χ1) is 26.5. The lowest BCUT2D eigenvalue weighted by Crippen LogP contribution is -2.32. The fraction of sp³-hybridized carbons (Fsp3) is 0.0588. The van der Waals surface area contributed by atoms with E-state index in [1.165, 1.54) is 39.1 Å². The first kappa shape index (κ1) is 31.9. The zero-order valence-electron chi connectivity index (χ0n) is 30.3. The Labute approximate surface area is 317 Å². The summed E-state index contributed by atoms with van der Waals surface area (Å²) >= 11 is 0. The van der Waals surface area contributed by atoms with E-state index in [0.717, 1.165) is 51.1 Å². The largest absolute Gasteiger partial charge is 0.452 e. The van der Waals surface area contributed by atoms with Crippen LogP contribution in [0.5, 0.6) is 11.5 Å². The topological polar surface area (TPSA) is 15.7 Å². The van der Waals surface area contributed by atoms with Crippen molar-refractivity contribution < 1.29 is 4.74 Å². The third-order valence-electron chi connectivity index (χ3n) is 11.1. The van der Waals surface area contributed by atoms with Crippen LogP contribution < -0.4 is 14.5 Å². The standard InChI is InChI=1S/C51H38N2O/c1-51(2)44-17-9-10-18-46(44)53-47-19-11-12-20-48(47)54-50-43(33-34-45(51)49(50)53)39-25-31-42(32-26-39)52(40-27-21-37(22-28-40)35-13-5-3-6-14-35)41-29-23-38(24-30-41)36-15-7-4-8-16-36/h3-34H,1-2H3. The lowest BCUT2D eigenvalue weighted by atomic mass is 9.72. The Kier molecular flexibility index (Phi) is 7.48. The van der Waals surface area contributed by atoms with Crippen molar-refractivity contribution in [3.8, 4) is 44.9 Å². The maximum Gasteiger partial charge on any atom is 0.159 e. The molecule has 3 nitrogen and oxygen atoms in total. The minimum absolute atomic E-state index is 0.193. The molecule has 0 saturated carbocycles. The van der Waals surface area contributed by atoms with E-state index < -0.39 is 0 Å². The van der Waals surface area contributed by atoms with Crippen LogP contribution in [-0.2, 0) is 5.41 Å². The van der Waals surface area contributed by atoms with E-state index in [4.69, 9.17) is 4.74 Å². The SMILES string of the molecule is CC1(C)c2ccccc2N2c3ccccc3Oc3c(-c4ccc(N(c5ccc(-c6ccccc6)cc5)c5ccc(-c6ccccc6)cc5)cc4)ccc1c32. The number of hydrogen-bond acceptors (Lipinski definition) is 3. The molecule has 0 spiro atoms. The molecule has 0 N–H and O–H groups in total. The normalized spacial score (nSPS) is 13.3. The summed E-state index contributed by atoms with van der Waals surface area (Å²) in [5.74, 6) is 1.75. The van der Waals surface area contributed by atoms with E-state index >= 15 is 0 Å². The molecule has 0 amide bonds. The van der Waals surface area contributed by atoms with Crippen molar-refractivity contribution in [3.63, 3.8) is 0 Å². The number of para-hydroxylation sites is 3. The van der Waals surface area contributed by atoms with Gasteiger partial charge in [0.1, 0.15) is 0 Å². The lowest BCUT2D eigenvalue weighted by Gasteiger charge is -2.45. The first-order valence-electron chi connectivity index (χ1n) is 18.6. The summed E-state index contributed by atoms with van der Waals surface area (Å²) in [6.07, 6.45) is 0. The second kappa shape index (κ2) is 12.7. The summed E-state index contributed by atoms with van der Waals surface area (Å²) in [4.78, 5) is 4.74. The Morgan fingerprint density at radius 1 is 0.407 bits per heavy atom. The van der Waals surface area contributed by atoms with Gasteiger partial charge in [0.15, 0.2) is 11.5 Å². The monoisotopic (exact) mass is 694 g/mol. The average molecular weight is 695 g/mol. The summed E-state index contributed by atoms with van der Waals surface area (Å²) in [5, 5.41) is 0. The van der Waals surface area contributed by atoms with Gasteiger partial charge in [0, 0.05) is 28.0 Å². The van der Waals surface area contributed by atoms with Crippen molar-refractivity contribution in [2.24, 2.45) is 0 Å². The highest BCUT2D eigenvalue weighted by Crippen LogP contribution is 2.61. The van der Waals surface area contributed by atoms with E-state index in [2.05, 4.69) is 218 Å². The Morgan fingerprint density at radius 2 is 0.870 bits per heavy atom. The van der Waals surface area contributed by atoms with Crippen molar-refractivity contribution in [2.45, 2.75) is 19.3 Å². The molecule has 2 aliphatic rings. The van der Waals surface area contributed by atoms with Gasteiger partial charge in [-0.15, -0.1) is 0 Å². The fourth-order valence-corrected chi connectivity index (χ4v) is 8.28. The number of ether oxygens (including phenoxy) is 1. The zero-order valence-corrected chi connectivity index (χ0v) is 30.3. The molecule has 2 heterocycles. The summed E-state index contributed by atoms with van der Waals surface area (Å²) in [6, 6.07) is 69.4. The highest BCUT2D eigenvalue weighted by atomic mass is 16.5. The molecule has 0 atom stereocenters. The van der Waals surface area contributed by atoms with Crippen molar-refractivity contribution in [1.29, 1.82) is 0 Å². The molecule has 54 heavy (non-hydrogen) atoms. The number of anilines is 6. The molecule has 0 aromatic heterocycles. The molecule has 258 valence electrons. The third kappa shape index (κ3) is 5.20. The van der Waals surface area contributed by atoms with Crippen LogP contribution >= 0.6 is 0 Å². The highest BCUT2D eigenvalue weighted by molar-refractivity contribution is 5.97. The van der Waals surface area contributed by atoms with E-state index in [-0.39, 0.29) is 5.41 Å². The van der Waals surface area contributed by atoms with Crippen LogP contribution in [0.3, 0.4) is 0 Å². The Bertz CT molecular complexity index is 2550. The molecule has 10 rings (SSSR count). The van der Waals surface area contributed by atoms with E-state index in [1.54, 1.807) is 0 Å². The molecular formula is C51H38N2O. The molecular weight excluding hydrogens is 657 g/mol. The Morgan fingerprint density at radius 3 is 1.44 bits per heavy atom. The predicted octanol–water partition coefficient (Wildman–Crippen LogP) is 14.4. The number of benzene rings is 8. The number of rotatable bonds is 6. The molecule has 0 saturated heterocycles. The molecule has 8 aromatic carbocycles. The minimum atomic E-state index is -0.193. The molecule has 0 bridgehead atoms. The van der Waals surface area contributed by atoms with Gasteiger partial charge >= 0.3 is 0 Å². The second-order valence-electron chi connectivity index (χ2n) is 14.6. The molecule has 3 heteroatoms. The van der Waals surface area contributed by atoms with Gasteiger partial charge < -0.3 is 14.5 Å². The third-order valence-corrected chi connectivity index (χ3v) is 11.1. The van der Waals surface area contributed by atoms with Crippen LogP contribution in [0, 0.1) is 0 Å². The van der Waals surface area contributed by atoms with Crippen LogP contribution in [-0.4, -0.2) is 0 Å². The van der Waals surface area contributed by atoms with Gasteiger partial charge in [-0.25, -0.2) is 0 Å². The van der Waals surface area contributed by atoms with Gasteiger partial charge in [0.2, 0.25) is 0 Å². The highest BCUT2D eigenvalue weighted by Gasteiger charge is 2.42. The van der Waals surface area contributed by atoms with Crippen LogP contribution in [0.4, 0.5) is 34.1 Å². The van der Waals surface area contributed by atoms with Crippen LogP contribution in [0.1, 0.15) is 25.0 Å². The van der Waals surface area contributed by atoms with Gasteiger partial charge in [-0.2, -0.15) is 0 Å². The maximum atomic E-state index is 6.88. The van der Waals surface area contributed by atoms with E-state index in [1.807, 2.05) is 0 Å². The number of hydrogen-bond donors (Lipinski definition) is 0. The second-order valence-corrected chi connectivity index (χ2v) is 14.6. The Balaban J connectivity index is 1.07. The number of fused-ring (bicyclic) bond motifs is 4. The van der Waals surface area contributed by atoms with Crippen molar-refractivity contribution in [3.05, 3.63) is 205 Å². The summed E-state index contributed by atoms with van der Waals surface area (Å²) in [7, 11) is 0. The first-order valence-corrected chi connectivity index (χ1v) is 18.6. The van der Waals surface area contributed by atoms with Crippen LogP contribution in [0.2, 0.25) is 0 Å². The smallest absolute Gasteiger partial charge is 0.159 e. The Hall–Kier alpha value is -6.84. The van der Waals surface area contributed by atoms with E-state index in [0.29, 0.717) is 0 Å². The molecule has 8 aromatic rings. The van der Waals surface area contributed by atoms with Gasteiger partial charge in [0.25, 0.3) is 0 Å². The van der Waals surface area contributed by atoms with Gasteiger partial charge in [-0.3, -0.25) is 0 Å². The number of nitrogens with zero attached hydrogens (tertiary/aromatic N) is 2. The fourth-order valence-electron chi connectivity index (χ4n) is 8.28. The van der Waals surface area contributed by atoms with Crippen LogP contribution in [0.15, 0.2) is 194 Å². The van der Waals surface area contributed by atoms with Crippen LogP contribution in [0.25, 0.3) is 33.4 Å². The quantitative estimate of drug-likeness (QED) is 0.172. The molecule has 2 aliphatic heterocycles. The maximum absolute atomic E-state index is 6.88. The summed E-state index contributed by atoms with van der Waals surface area (Å²) < 4.78 is 6.88. The van der Waals surface area contributed by atoms with Gasteiger partial charge in [0.05, 0.1) is 17.1 Å². The summed E-state index contributed by atoms with van der Waals surface area (Å²) in [5.41, 5.74) is 16.0. The van der Waals surface area contributed by atoms with Gasteiger partial charge in [-0.1, -0.05) is 153 Å². The zero-order chi connectivity index (χ0) is 36.2. The van der Waals surface area contributed by atoms with Gasteiger partial charge in [-0.05, 0) is 93.5 Å². The van der Waals surface area contributed by atoms with Crippen molar-refractivity contribution >= 4 is 34.1 Å². The van der Waals surface area contributed by atoms with Crippen molar-refractivity contribution in [2.75, 3.05) is 9.80 Å². The predicted molar refractivity (Wildman–Crippen MR) is 224 cm³/mol. The van der Waals surface area contributed by atoms with Crippen molar-refractivity contribution in [1.82, 2.24) is 0 Å². The lowest BCUT2D eigenvalue weighted by molar-refractivity contribution is 0.473. The molecule has 0 aliphatic carbocycles. The molecule has 0 radical (unpaired) electrons. The molecule has 0 unspecified atom stereocenters. The summed E-state index contributed by atoms with van der Waals surface area (Å²) in [6.45, 7) is 4.64. The molecule has 0 fully saturated rings. The van der Waals surface area contributed by atoms with E-state index in [9.17, 15) is 0 Å². The average Bonchev–Trinajstić information content (AvgIpc) is 3.24. The minimum Gasteiger partial charge on any atom is -0.452 e.